The molecule has 0 saturated carbocycles. The molecule has 0 radical (unpaired) electrons. The summed E-state index contributed by atoms with van der Waals surface area (Å²) in [6.07, 6.45) is 4.21. The summed E-state index contributed by atoms with van der Waals surface area (Å²) in [5.41, 5.74) is 5.97. The Labute approximate surface area is 123 Å². The number of thiazole rings is 1. The van der Waals surface area contributed by atoms with Gasteiger partial charge in [-0.25, -0.2) is 10.4 Å². The zero-order valence-electron chi connectivity index (χ0n) is 11.8. The summed E-state index contributed by atoms with van der Waals surface area (Å²) in [5, 5.41) is 3.06. The minimum absolute atomic E-state index is 0.354. The van der Waals surface area contributed by atoms with Gasteiger partial charge in [0.05, 0.1) is 16.3 Å². The van der Waals surface area contributed by atoms with Crippen LogP contribution in [0.1, 0.15) is 19.8 Å². The first-order chi connectivity index (χ1) is 9.81. The summed E-state index contributed by atoms with van der Waals surface area (Å²) >= 11 is 1.71. The molecule has 2 heterocycles. The van der Waals surface area contributed by atoms with Crippen molar-refractivity contribution in [2.45, 2.75) is 25.8 Å². The minimum Gasteiger partial charge on any atom is -0.385 e. The van der Waals surface area contributed by atoms with Gasteiger partial charge in [-0.2, -0.15) is 0 Å². The van der Waals surface area contributed by atoms with Gasteiger partial charge in [0, 0.05) is 19.9 Å². The van der Waals surface area contributed by atoms with Crippen molar-refractivity contribution in [2.24, 2.45) is 0 Å². The standard InChI is InChI=1S/C15H19N3OS/c1-3-11-10-18(17-12(11)8-9-19-2)15-16-13-6-4-5-7-14(13)20-15/h4-7,10,12,17H,3,8-9H2,1-2H3. The Hall–Kier alpha value is -1.43. The quantitative estimate of drug-likeness (QED) is 0.916. The molecule has 0 aliphatic carbocycles. The molecule has 2 aromatic rings. The van der Waals surface area contributed by atoms with Gasteiger partial charge in [-0.1, -0.05) is 30.4 Å². The first-order valence-electron chi connectivity index (χ1n) is 6.92. The Morgan fingerprint density at radius 1 is 1.40 bits per heavy atom. The number of para-hydroxylation sites is 1. The second-order valence-corrected chi connectivity index (χ2v) is 5.86. The van der Waals surface area contributed by atoms with Crippen molar-refractivity contribution in [3.05, 3.63) is 36.0 Å². The van der Waals surface area contributed by atoms with Crippen LogP contribution in [0, 0.1) is 0 Å². The number of rotatable bonds is 5. The summed E-state index contributed by atoms with van der Waals surface area (Å²) in [6.45, 7) is 2.96. The largest absolute Gasteiger partial charge is 0.385 e. The highest BCUT2D eigenvalue weighted by molar-refractivity contribution is 7.22. The number of nitrogens with zero attached hydrogens (tertiary/aromatic N) is 2. The molecule has 0 saturated heterocycles. The molecular weight excluding hydrogens is 270 g/mol. The third-order valence-corrected chi connectivity index (χ3v) is 4.58. The number of hydrogen-bond donors (Lipinski definition) is 1. The maximum atomic E-state index is 5.19. The molecule has 0 amide bonds. The smallest absolute Gasteiger partial charge is 0.205 e. The molecule has 1 aliphatic heterocycles. The van der Waals surface area contributed by atoms with Crippen molar-refractivity contribution in [3.63, 3.8) is 0 Å². The van der Waals surface area contributed by atoms with Gasteiger partial charge in [0.2, 0.25) is 5.13 Å². The lowest BCUT2D eigenvalue weighted by molar-refractivity contribution is 0.187. The molecule has 106 valence electrons. The van der Waals surface area contributed by atoms with E-state index in [4.69, 9.17) is 4.74 Å². The number of methoxy groups -OCH3 is 1. The van der Waals surface area contributed by atoms with Crippen molar-refractivity contribution in [1.82, 2.24) is 10.4 Å². The van der Waals surface area contributed by atoms with E-state index >= 15 is 0 Å². The van der Waals surface area contributed by atoms with E-state index in [1.807, 2.05) is 6.07 Å². The fourth-order valence-electron chi connectivity index (χ4n) is 2.44. The number of hydrazine groups is 1. The van der Waals surface area contributed by atoms with Crippen LogP contribution in [-0.4, -0.2) is 24.7 Å². The normalized spacial score (nSPS) is 18.8. The monoisotopic (exact) mass is 289 g/mol. The Bertz CT molecular complexity index is 589. The number of benzene rings is 1. The zero-order chi connectivity index (χ0) is 13.9. The topological polar surface area (TPSA) is 37.4 Å². The van der Waals surface area contributed by atoms with Crippen molar-refractivity contribution < 1.29 is 4.74 Å². The van der Waals surface area contributed by atoms with Crippen LogP contribution in [0.15, 0.2) is 36.0 Å². The highest BCUT2D eigenvalue weighted by Crippen LogP contribution is 2.31. The predicted molar refractivity (Wildman–Crippen MR) is 83.9 cm³/mol. The van der Waals surface area contributed by atoms with E-state index < -0.39 is 0 Å². The van der Waals surface area contributed by atoms with Crippen molar-refractivity contribution >= 4 is 26.7 Å². The first-order valence-corrected chi connectivity index (χ1v) is 7.74. The average molecular weight is 289 g/mol. The molecule has 1 aromatic carbocycles. The van der Waals surface area contributed by atoms with Crippen molar-refractivity contribution in [2.75, 3.05) is 18.7 Å². The van der Waals surface area contributed by atoms with Gasteiger partial charge in [0.1, 0.15) is 0 Å². The summed E-state index contributed by atoms with van der Waals surface area (Å²) in [5.74, 6) is 0. The SMILES string of the molecule is CCC1=CN(c2nc3ccccc3s2)NC1CCOC. The molecule has 3 rings (SSSR count). The lowest BCUT2D eigenvalue weighted by Gasteiger charge is -2.17. The number of ether oxygens (including phenoxy) is 1. The van der Waals surface area contributed by atoms with E-state index in [1.54, 1.807) is 18.4 Å². The molecular formula is C15H19N3OS. The van der Waals surface area contributed by atoms with E-state index in [0.717, 1.165) is 30.1 Å². The maximum Gasteiger partial charge on any atom is 0.205 e. The fraction of sp³-hybridized carbons (Fsp3) is 0.400. The highest BCUT2D eigenvalue weighted by atomic mass is 32.1. The maximum absolute atomic E-state index is 5.19. The van der Waals surface area contributed by atoms with Crippen LogP contribution in [0.5, 0.6) is 0 Å². The number of fused-ring (bicyclic) bond motifs is 1. The van der Waals surface area contributed by atoms with E-state index in [9.17, 15) is 0 Å². The van der Waals surface area contributed by atoms with Crippen LogP contribution < -0.4 is 10.4 Å². The number of anilines is 1. The third-order valence-electron chi connectivity index (χ3n) is 3.55. The molecule has 1 aromatic heterocycles. The van der Waals surface area contributed by atoms with Gasteiger partial charge in [-0.05, 0) is 30.5 Å². The van der Waals surface area contributed by atoms with Crippen molar-refractivity contribution in [1.29, 1.82) is 0 Å². The molecule has 5 heteroatoms. The zero-order valence-corrected chi connectivity index (χ0v) is 12.6. The highest BCUT2D eigenvalue weighted by Gasteiger charge is 2.24. The van der Waals surface area contributed by atoms with Crippen molar-refractivity contribution in [3.8, 4) is 0 Å². The van der Waals surface area contributed by atoms with Crippen LogP contribution in [0.2, 0.25) is 0 Å². The van der Waals surface area contributed by atoms with Crippen LogP contribution in [0.3, 0.4) is 0 Å². The Balaban J connectivity index is 1.82. The van der Waals surface area contributed by atoms with E-state index in [0.29, 0.717) is 6.04 Å². The lowest BCUT2D eigenvalue weighted by atomic mass is 10.1. The van der Waals surface area contributed by atoms with Gasteiger partial charge in [-0.3, -0.25) is 5.01 Å². The van der Waals surface area contributed by atoms with Gasteiger partial charge in [0.15, 0.2) is 0 Å². The second-order valence-electron chi connectivity index (χ2n) is 4.85. The molecule has 1 atom stereocenters. The number of nitrogens with one attached hydrogen (secondary N) is 1. The summed E-state index contributed by atoms with van der Waals surface area (Å²) < 4.78 is 6.41. The number of aromatic nitrogens is 1. The van der Waals surface area contributed by atoms with Gasteiger partial charge in [0.25, 0.3) is 0 Å². The molecule has 0 fully saturated rings. The van der Waals surface area contributed by atoms with Gasteiger partial charge < -0.3 is 4.74 Å². The van der Waals surface area contributed by atoms with Crippen LogP contribution >= 0.6 is 11.3 Å². The number of hydrogen-bond acceptors (Lipinski definition) is 5. The minimum atomic E-state index is 0.354. The summed E-state index contributed by atoms with van der Waals surface area (Å²) in [7, 11) is 1.75. The van der Waals surface area contributed by atoms with Crippen LogP contribution in [-0.2, 0) is 4.74 Å². The predicted octanol–water partition coefficient (Wildman–Crippen LogP) is 3.32. The van der Waals surface area contributed by atoms with Crippen LogP contribution in [0.4, 0.5) is 5.13 Å². The third kappa shape index (κ3) is 2.57. The van der Waals surface area contributed by atoms with Gasteiger partial charge >= 0.3 is 0 Å². The Morgan fingerprint density at radius 3 is 3.00 bits per heavy atom. The molecule has 1 aliphatic rings. The Morgan fingerprint density at radius 2 is 2.25 bits per heavy atom. The Kier molecular flexibility index (Phi) is 4.00. The van der Waals surface area contributed by atoms with Gasteiger partial charge in [-0.15, -0.1) is 0 Å². The molecule has 4 nitrogen and oxygen atoms in total. The molecule has 20 heavy (non-hydrogen) atoms. The molecule has 0 spiro atoms. The fourth-order valence-corrected chi connectivity index (χ4v) is 3.35. The van der Waals surface area contributed by atoms with Crippen LogP contribution in [0.25, 0.3) is 10.2 Å². The summed E-state index contributed by atoms with van der Waals surface area (Å²) in [6, 6.07) is 8.60. The second kappa shape index (κ2) is 5.91. The lowest BCUT2D eigenvalue weighted by Crippen LogP contribution is -2.36. The first kappa shape index (κ1) is 13.5. The average Bonchev–Trinajstić information content (AvgIpc) is 3.08. The van der Waals surface area contributed by atoms with E-state index in [1.165, 1.54) is 10.3 Å². The van der Waals surface area contributed by atoms with E-state index in [2.05, 4.69) is 46.7 Å². The molecule has 1 N–H and O–H groups in total. The van der Waals surface area contributed by atoms with E-state index in [-0.39, 0.29) is 0 Å². The summed E-state index contributed by atoms with van der Waals surface area (Å²) in [4.78, 5) is 4.68. The molecule has 1 unspecified atom stereocenters. The molecule has 0 bridgehead atoms.